The van der Waals surface area contributed by atoms with Crippen molar-refractivity contribution in [2.75, 3.05) is 6.61 Å². The summed E-state index contributed by atoms with van der Waals surface area (Å²) in [6, 6.07) is 0. The number of rotatable bonds is 3. The maximum Gasteiger partial charge on any atom is 0.399 e. The molecule has 0 N–H and O–H groups in total. The number of hydrogen-bond acceptors (Lipinski definition) is 2. The number of carbonyl (C=O) groups is 1. The lowest BCUT2D eigenvalue weighted by atomic mass is 10.2. The molecule has 0 aromatic carbocycles. The van der Waals surface area contributed by atoms with Gasteiger partial charge < -0.3 is 4.74 Å². The molecule has 0 aromatic heterocycles. The monoisotopic (exact) mass is 184 g/mol. The average Bonchev–Trinajstić information content (AvgIpc) is 1.79. The summed E-state index contributed by atoms with van der Waals surface area (Å²) < 4.78 is 38.9. The van der Waals surface area contributed by atoms with Crippen molar-refractivity contribution in [1.82, 2.24) is 0 Å². The van der Waals surface area contributed by atoms with E-state index in [4.69, 9.17) is 0 Å². The highest BCUT2D eigenvalue weighted by atomic mass is 19.4. The molecular formula is C7H11F3O2. The van der Waals surface area contributed by atoms with Crippen molar-refractivity contribution >= 4 is 5.97 Å². The van der Waals surface area contributed by atoms with Crippen molar-refractivity contribution < 1.29 is 22.7 Å². The van der Waals surface area contributed by atoms with Gasteiger partial charge in [0.15, 0.2) is 0 Å². The van der Waals surface area contributed by atoms with Gasteiger partial charge in [-0.15, -0.1) is 0 Å². The summed E-state index contributed by atoms with van der Waals surface area (Å²) >= 11 is 0. The van der Waals surface area contributed by atoms with Crippen LogP contribution in [0.15, 0.2) is 0 Å². The predicted octanol–water partition coefficient (Wildman–Crippen LogP) is 2.14. The van der Waals surface area contributed by atoms with Gasteiger partial charge in [0.1, 0.15) is 6.42 Å². The first kappa shape index (κ1) is 11.3. The van der Waals surface area contributed by atoms with E-state index in [1.165, 1.54) is 0 Å². The van der Waals surface area contributed by atoms with Gasteiger partial charge in [-0.2, -0.15) is 13.2 Å². The fraction of sp³-hybridized carbons (Fsp3) is 0.857. The van der Waals surface area contributed by atoms with Crippen LogP contribution >= 0.6 is 0 Å². The van der Waals surface area contributed by atoms with Crippen LogP contribution in [0.1, 0.15) is 20.3 Å². The van der Waals surface area contributed by atoms with Gasteiger partial charge in [-0.05, 0) is 5.92 Å². The molecule has 0 rings (SSSR count). The second-order valence-electron chi connectivity index (χ2n) is 2.87. The minimum atomic E-state index is -4.46. The van der Waals surface area contributed by atoms with E-state index in [1.807, 2.05) is 0 Å². The first-order valence-corrected chi connectivity index (χ1v) is 3.53. The Morgan fingerprint density at radius 1 is 1.42 bits per heavy atom. The summed E-state index contributed by atoms with van der Waals surface area (Å²) in [4.78, 5) is 10.4. The molecule has 0 saturated carbocycles. The molecule has 0 saturated heterocycles. The van der Waals surface area contributed by atoms with E-state index >= 15 is 0 Å². The topological polar surface area (TPSA) is 26.3 Å². The zero-order chi connectivity index (χ0) is 9.78. The second kappa shape index (κ2) is 4.33. The number of esters is 1. The number of carbonyl (C=O) groups excluding carboxylic acids is 1. The summed E-state index contributed by atoms with van der Waals surface area (Å²) in [6.45, 7) is 3.54. The summed E-state index contributed by atoms with van der Waals surface area (Å²) in [6.07, 6.45) is -5.96. The minimum Gasteiger partial charge on any atom is -0.465 e. The molecule has 0 aromatic rings. The van der Waals surface area contributed by atoms with E-state index in [1.54, 1.807) is 13.8 Å². The predicted molar refractivity (Wildman–Crippen MR) is 36.5 cm³/mol. The van der Waals surface area contributed by atoms with Crippen molar-refractivity contribution in [1.29, 1.82) is 0 Å². The molecule has 5 heteroatoms. The number of ether oxygens (including phenoxy) is 1. The van der Waals surface area contributed by atoms with Gasteiger partial charge in [0.2, 0.25) is 0 Å². The molecule has 0 unspecified atom stereocenters. The zero-order valence-corrected chi connectivity index (χ0v) is 6.94. The van der Waals surface area contributed by atoms with Crippen LogP contribution in [-0.4, -0.2) is 18.8 Å². The second-order valence-corrected chi connectivity index (χ2v) is 2.87. The molecule has 0 aliphatic heterocycles. The highest BCUT2D eigenvalue weighted by Crippen LogP contribution is 2.19. The molecular weight excluding hydrogens is 173 g/mol. The van der Waals surface area contributed by atoms with E-state index in [0.717, 1.165) is 0 Å². The summed E-state index contributed by atoms with van der Waals surface area (Å²) in [5.41, 5.74) is 0. The molecule has 0 aliphatic carbocycles. The van der Waals surface area contributed by atoms with E-state index in [0.29, 0.717) is 0 Å². The van der Waals surface area contributed by atoms with Crippen LogP contribution in [0.3, 0.4) is 0 Å². The van der Waals surface area contributed by atoms with Gasteiger partial charge in [-0.1, -0.05) is 13.8 Å². The van der Waals surface area contributed by atoms with Crippen LogP contribution in [0.4, 0.5) is 13.2 Å². The smallest absolute Gasteiger partial charge is 0.399 e. The van der Waals surface area contributed by atoms with Crippen LogP contribution in [0.5, 0.6) is 0 Å². The summed E-state index contributed by atoms with van der Waals surface area (Å²) in [5.74, 6) is -1.15. The third-order valence-electron chi connectivity index (χ3n) is 0.922. The lowest BCUT2D eigenvalue weighted by molar-refractivity contribution is -0.172. The van der Waals surface area contributed by atoms with E-state index < -0.39 is 18.6 Å². The zero-order valence-electron chi connectivity index (χ0n) is 6.94. The Morgan fingerprint density at radius 2 is 1.92 bits per heavy atom. The molecule has 0 spiro atoms. The first-order valence-electron chi connectivity index (χ1n) is 3.53. The van der Waals surface area contributed by atoms with E-state index in [2.05, 4.69) is 4.74 Å². The lowest BCUT2D eigenvalue weighted by Crippen LogP contribution is -2.18. The van der Waals surface area contributed by atoms with Crippen LogP contribution < -0.4 is 0 Å². The fourth-order valence-electron chi connectivity index (χ4n) is 0.474. The molecule has 72 valence electrons. The Balaban J connectivity index is 3.61. The van der Waals surface area contributed by atoms with Gasteiger partial charge in [-0.3, -0.25) is 4.79 Å². The SMILES string of the molecule is CC(C)COC(=O)CC(F)(F)F. The highest BCUT2D eigenvalue weighted by Gasteiger charge is 2.32. The van der Waals surface area contributed by atoms with Crippen molar-refractivity contribution in [2.24, 2.45) is 5.92 Å². The Hall–Kier alpha value is -0.740. The Kier molecular flexibility index (Phi) is 4.06. The standard InChI is InChI=1S/C7H11F3O2/c1-5(2)4-12-6(11)3-7(8,9)10/h5H,3-4H2,1-2H3. The summed E-state index contributed by atoms with van der Waals surface area (Å²) in [7, 11) is 0. The van der Waals surface area contributed by atoms with Crippen molar-refractivity contribution in [3.05, 3.63) is 0 Å². The third-order valence-corrected chi connectivity index (χ3v) is 0.922. The Bertz CT molecular complexity index is 151. The van der Waals surface area contributed by atoms with Crippen molar-refractivity contribution in [2.45, 2.75) is 26.4 Å². The maximum absolute atomic E-state index is 11.5. The van der Waals surface area contributed by atoms with Gasteiger partial charge in [0.05, 0.1) is 6.61 Å². The van der Waals surface area contributed by atoms with Gasteiger partial charge in [-0.25, -0.2) is 0 Å². The molecule has 0 fully saturated rings. The third kappa shape index (κ3) is 7.37. The highest BCUT2D eigenvalue weighted by molar-refractivity contribution is 5.70. The van der Waals surface area contributed by atoms with Gasteiger partial charge >= 0.3 is 12.1 Å². The van der Waals surface area contributed by atoms with Crippen LogP contribution in [-0.2, 0) is 9.53 Å². The normalized spacial score (nSPS) is 11.8. The van der Waals surface area contributed by atoms with Crippen molar-refractivity contribution in [3.8, 4) is 0 Å². The largest absolute Gasteiger partial charge is 0.465 e. The number of halogens is 3. The first-order chi connectivity index (χ1) is 5.31. The van der Waals surface area contributed by atoms with E-state index in [-0.39, 0.29) is 12.5 Å². The Morgan fingerprint density at radius 3 is 2.25 bits per heavy atom. The molecule has 2 nitrogen and oxygen atoms in total. The van der Waals surface area contributed by atoms with Crippen LogP contribution in [0, 0.1) is 5.92 Å². The van der Waals surface area contributed by atoms with Crippen LogP contribution in [0.25, 0.3) is 0 Å². The van der Waals surface area contributed by atoms with Gasteiger partial charge in [0.25, 0.3) is 0 Å². The summed E-state index contributed by atoms with van der Waals surface area (Å²) in [5, 5.41) is 0. The molecule has 12 heavy (non-hydrogen) atoms. The molecule has 0 radical (unpaired) electrons. The van der Waals surface area contributed by atoms with Gasteiger partial charge in [0, 0.05) is 0 Å². The minimum absolute atomic E-state index is 0.0366. The fourth-order valence-corrected chi connectivity index (χ4v) is 0.474. The average molecular weight is 184 g/mol. The van der Waals surface area contributed by atoms with E-state index in [9.17, 15) is 18.0 Å². The molecule has 0 amide bonds. The molecule has 0 atom stereocenters. The molecule has 0 heterocycles. The lowest BCUT2D eigenvalue weighted by Gasteiger charge is -2.08. The van der Waals surface area contributed by atoms with Crippen LogP contribution in [0.2, 0.25) is 0 Å². The molecule has 0 bridgehead atoms. The number of alkyl halides is 3. The Labute approximate surface area is 68.7 Å². The van der Waals surface area contributed by atoms with Crippen molar-refractivity contribution in [3.63, 3.8) is 0 Å². The molecule has 0 aliphatic rings. The quantitative estimate of drug-likeness (QED) is 0.628. The number of hydrogen-bond donors (Lipinski definition) is 0. The maximum atomic E-state index is 11.5.